The summed E-state index contributed by atoms with van der Waals surface area (Å²) < 4.78 is 13.0. The summed E-state index contributed by atoms with van der Waals surface area (Å²) >= 11 is 1.10. The quantitative estimate of drug-likeness (QED) is 0.110. The van der Waals surface area contributed by atoms with Crippen molar-refractivity contribution in [2.24, 2.45) is 0 Å². The van der Waals surface area contributed by atoms with E-state index in [1.807, 2.05) is 39.8 Å². The molecule has 2 N–H and O–H groups in total. The van der Waals surface area contributed by atoms with E-state index < -0.39 is 4.92 Å². The molecule has 13 heteroatoms. The van der Waals surface area contributed by atoms with Crippen molar-refractivity contribution >= 4 is 40.6 Å². The van der Waals surface area contributed by atoms with E-state index in [0.29, 0.717) is 33.6 Å². The fraction of sp³-hybridized carbons (Fsp3) is 0.267. The van der Waals surface area contributed by atoms with Crippen molar-refractivity contribution in [1.29, 1.82) is 0 Å². The summed E-state index contributed by atoms with van der Waals surface area (Å²) in [7, 11) is 0. The predicted octanol–water partition coefficient (Wildman–Crippen LogP) is 5.80. The maximum Gasteiger partial charge on any atom is 0.269 e. The molecule has 4 rings (SSSR count). The fourth-order valence-electron chi connectivity index (χ4n) is 3.89. The average molecular weight is 605 g/mol. The van der Waals surface area contributed by atoms with Crippen LogP contribution in [0.2, 0.25) is 0 Å². The standard InChI is InChI=1S/C30H32N6O6S/c1-19(2)41-25-11-7-5-9-23(25)31-27(37)17-35-30(33-29(34-35)21-13-15-22(16-14-21)36(39)40)43-18-28(38)32-24-10-6-8-12-26(24)42-20(3)4/h5-16,19-20H,17-18H2,1-4H3,(H,31,37)(H,32,38). The highest BCUT2D eigenvalue weighted by Crippen LogP contribution is 2.28. The number of rotatable bonds is 13. The van der Waals surface area contributed by atoms with Gasteiger partial charge in [0, 0.05) is 17.7 Å². The number of amides is 2. The Balaban J connectivity index is 1.53. The lowest BCUT2D eigenvalue weighted by Crippen LogP contribution is -2.21. The molecule has 4 aromatic rings. The first-order valence-corrected chi connectivity index (χ1v) is 14.5. The maximum absolute atomic E-state index is 13.1. The van der Waals surface area contributed by atoms with Crippen LogP contribution in [-0.2, 0) is 16.1 Å². The highest BCUT2D eigenvalue weighted by atomic mass is 32.2. The largest absolute Gasteiger partial charge is 0.489 e. The topological polar surface area (TPSA) is 151 Å². The molecule has 43 heavy (non-hydrogen) atoms. The number of non-ortho nitro benzene ring substituents is 1. The summed E-state index contributed by atoms with van der Waals surface area (Å²) in [6.45, 7) is 7.38. The highest BCUT2D eigenvalue weighted by molar-refractivity contribution is 7.99. The van der Waals surface area contributed by atoms with Gasteiger partial charge in [0.2, 0.25) is 11.8 Å². The van der Waals surface area contributed by atoms with Crippen molar-refractivity contribution in [2.45, 2.75) is 51.6 Å². The molecule has 3 aromatic carbocycles. The number of benzene rings is 3. The molecule has 0 fully saturated rings. The lowest BCUT2D eigenvalue weighted by atomic mass is 10.2. The van der Waals surface area contributed by atoms with Crippen LogP contribution in [-0.4, -0.2) is 49.5 Å². The molecular formula is C30H32N6O6S. The summed E-state index contributed by atoms with van der Waals surface area (Å²) in [5.41, 5.74) is 1.49. The molecule has 0 atom stereocenters. The first-order valence-electron chi connectivity index (χ1n) is 13.5. The summed E-state index contributed by atoms with van der Waals surface area (Å²) in [6, 6.07) is 20.0. The molecule has 2 amide bonds. The van der Waals surface area contributed by atoms with Gasteiger partial charge in [-0.3, -0.25) is 19.7 Å². The Hall–Kier alpha value is -4.91. The molecule has 224 valence electrons. The van der Waals surface area contributed by atoms with Gasteiger partial charge in [0.25, 0.3) is 5.69 Å². The molecule has 0 saturated carbocycles. The SMILES string of the molecule is CC(C)Oc1ccccc1NC(=O)CSc1nc(-c2ccc([N+](=O)[O-])cc2)nn1CC(=O)Nc1ccccc1OC(C)C. The van der Waals surface area contributed by atoms with Crippen LogP contribution < -0.4 is 20.1 Å². The van der Waals surface area contributed by atoms with E-state index in [2.05, 4.69) is 20.7 Å². The minimum atomic E-state index is -0.495. The first kappa shape index (κ1) is 31.0. The van der Waals surface area contributed by atoms with Gasteiger partial charge >= 0.3 is 0 Å². The van der Waals surface area contributed by atoms with E-state index in [0.717, 1.165) is 11.8 Å². The second-order valence-corrected chi connectivity index (χ2v) is 10.8. The fourth-order valence-corrected chi connectivity index (χ4v) is 4.63. The Morgan fingerprint density at radius 1 is 0.860 bits per heavy atom. The van der Waals surface area contributed by atoms with Crippen molar-refractivity contribution in [3.63, 3.8) is 0 Å². The second-order valence-electron chi connectivity index (χ2n) is 9.89. The number of nitrogens with zero attached hydrogens (tertiary/aromatic N) is 4. The molecule has 0 unspecified atom stereocenters. The number of thioether (sulfide) groups is 1. The van der Waals surface area contributed by atoms with E-state index in [4.69, 9.17) is 9.47 Å². The summed E-state index contributed by atoms with van der Waals surface area (Å²) in [5, 5.41) is 21.6. The molecule has 0 bridgehead atoms. The average Bonchev–Trinajstić information content (AvgIpc) is 3.35. The molecule has 0 radical (unpaired) electrons. The molecule has 1 heterocycles. The van der Waals surface area contributed by atoms with E-state index in [1.54, 1.807) is 36.4 Å². The number of nitrogens with one attached hydrogen (secondary N) is 2. The van der Waals surface area contributed by atoms with Gasteiger partial charge in [-0.2, -0.15) is 0 Å². The van der Waals surface area contributed by atoms with Crippen molar-refractivity contribution in [3.8, 4) is 22.9 Å². The van der Waals surface area contributed by atoms with Gasteiger partial charge in [-0.1, -0.05) is 36.0 Å². The minimum Gasteiger partial charge on any atom is -0.489 e. The van der Waals surface area contributed by atoms with Crippen LogP contribution in [0.25, 0.3) is 11.4 Å². The summed E-state index contributed by atoms with van der Waals surface area (Å²) in [4.78, 5) is 41.1. The normalized spacial score (nSPS) is 10.9. The summed E-state index contributed by atoms with van der Waals surface area (Å²) in [5.74, 6) is 0.624. The van der Waals surface area contributed by atoms with Crippen LogP contribution in [0, 0.1) is 10.1 Å². The lowest BCUT2D eigenvalue weighted by Gasteiger charge is -2.15. The summed E-state index contributed by atoms with van der Waals surface area (Å²) in [6.07, 6.45) is -0.158. The Kier molecular flexibility index (Phi) is 10.3. The third-order valence-electron chi connectivity index (χ3n) is 5.65. The number of nitro benzene ring substituents is 1. The molecule has 0 spiro atoms. The molecule has 0 aliphatic rings. The smallest absolute Gasteiger partial charge is 0.269 e. The van der Waals surface area contributed by atoms with E-state index in [-0.39, 0.29) is 47.8 Å². The molecule has 0 aliphatic heterocycles. The van der Waals surface area contributed by atoms with Gasteiger partial charge in [-0.15, -0.1) is 5.10 Å². The first-order chi connectivity index (χ1) is 20.6. The van der Waals surface area contributed by atoms with E-state index in [9.17, 15) is 19.7 Å². The zero-order valence-corrected chi connectivity index (χ0v) is 25.0. The van der Waals surface area contributed by atoms with Crippen molar-refractivity contribution < 1.29 is 24.0 Å². The van der Waals surface area contributed by atoms with Crippen LogP contribution in [0.15, 0.2) is 78.0 Å². The number of ether oxygens (including phenoxy) is 2. The monoisotopic (exact) mass is 604 g/mol. The van der Waals surface area contributed by atoms with Crippen LogP contribution in [0.3, 0.4) is 0 Å². The minimum absolute atomic E-state index is 0.0267. The number of para-hydroxylation sites is 4. The Morgan fingerprint density at radius 3 is 1.93 bits per heavy atom. The van der Waals surface area contributed by atoms with Crippen molar-refractivity contribution in [1.82, 2.24) is 14.8 Å². The number of carbonyl (C=O) groups is 2. The van der Waals surface area contributed by atoms with Gasteiger partial charge in [0.1, 0.15) is 18.0 Å². The number of carbonyl (C=O) groups excluding carboxylic acids is 2. The predicted molar refractivity (Wildman–Crippen MR) is 165 cm³/mol. The third-order valence-corrected chi connectivity index (χ3v) is 6.61. The molecule has 0 saturated heterocycles. The number of hydrogen-bond acceptors (Lipinski definition) is 9. The molecule has 1 aromatic heterocycles. The molecule has 0 aliphatic carbocycles. The van der Waals surface area contributed by atoms with E-state index >= 15 is 0 Å². The third kappa shape index (κ3) is 8.79. The van der Waals surface area contributed by atoms with Gasteiger partial charge in [0.15, 0.2) is 11.0 Å². The van der Waals surface area contributed by atoms with Gasteiger partial charge in [-0.05, 0) is 64.1 Å². The van der Waals surface area contributed by atoms with Crippen molar-refractivity contribution in [2.75, 3.05) is 16.4 Å². The zero-order valence-electron chi connectivity index (χ0n) is 24.1. The van der Waals surface area contributed by atoms with Crippen molar-refractivity contribution in [3.05, 3.63) is 82.9 Å². The van der Waals surface area contributed by atoms with Crippen LogP contribution in [0.1, 0.15) is 27.7 Å². The number of nitro groups is 1. The highest BCUT2D eigenvalue weighted by Gasteiger charge is 2.19. The molecule has 12 nitrogen and oxygen atoms in total. The second kappa shape index (κ2) is 14.3. The van der Waals surface area contributed by atoms with Gasteiger partial charge in [-0.25, -0.2) is 9.67 Å². The van der Waals surface area contributed by atoms with Crippen LogP contribution in [0.5, 0.6) is 11.5 Å². The van der Waals surface area contributed by atoms with Gasteiger partial charge < -0.3 is 20.1 Å². The number of aromatic nitrogens is 3. The lowest BCUT2D eigenvalue weighted by molar-refractivity contribution is -0.384. The van der Waals surface area contributed by atoms with Crippen LogP contribution in [0.4, 0.5) is 17.1 Å². The van der Waals surface area contributed by atoms with Gasteiger partial charge in [0.05, 0.1) is 34.3 Å². The Bertz CT molecular complexity index is 1590. The zero-order chi connectivity index (χ0) is 30.9. The van der Waals surface area contributed by atoms with E-state index in [1.165, 1.54) is 28.9 Å². The molecular weight excluding hydrogens is 572 g/mol. The Labute approximate surface area is 253 Å². The van der Waals surface area contributed by atoms with Crippen LogP contribution >= 0.6 is 11.8 Å². The number of hydrogen-bond donors (Lipinski definition) is 2. The maximum atomic E-state index is 13.1. The number of anilines is 2. The Morgan fingerprint density at radius 2 is 1.40 bits per heavy atom.